The molecule has 7 nitrogen and oxygen atoms in total. The topological polar surface area (TPSA) is 67.2 Å². The zero-order valence-corrected chi connectivity index (χ0v) is 18.2. The van der Waals surface area contributed by atoms with E-state index in [1.165, 1.54) is 0 Å². The Morgan fingerprint density at radius 1 is 1.00 bits per heavy atom. The predicted molar refractivity (Wildman–Crippen MR) is 119 cm³/mol. The Bertz CT molecular complexity index is 1020. The molecule has 0 saturated carbocycles. The molecule has 0 spiro atoms. The summed E-state index contributed by atoms with van der Waals surface area (Å²) in [6.45, 7) is 11.2. The van der Waals surface area contributed by atoms with E-state index < -0.39 is 0 Å². The summed E-state index contributed by atoms with van der Waals surface area (Å²) in [5, 5.41) is 5.58. The summed E-state index contributed by atoms with van der Waals surface area (Å²) in [6.07, 6.45) is 2.68. The molecule has 0 N–H and O–H groups in total. The zero-order chi connectivity index (χ0) is 21.3. The molecule has 4 rings (SSSR count). The van der Waals surface area contributed by atoms with E-state index in [0.717, 1.165) is 61.0 Å². The van der Waals surface area contributed by atoms with Crippen LogP contribution < -0.4 is 4.90 Å². The number of fused-ring (bicyclic) bond motifs is 1. The quantitative estimate of drug-likeness (QED) is 0.650. The second kappa shape index (κ2) is 8.42. The third-order valence-electron chi connectivity index (χ3n) is 5.43. The highest BCUT2D eigenvalue weighted by atomic mass is 16.2. The fraction of sp³-hybridized carbons (Fsp3) is 0.478. The van der Waals surface area contributed by atoms with E-state index >= 15 is 0 Å². The van der Waals surface area contributed by atoms with Crippen molar-refractivity contribution >= 4 is 22.8 Å². The van der Waals surface area contributed by atoms with E-state index in [0.29, 0.717) is 5.92 Å². The van der Waals surface area contributed by atoms with E-state index in [9.17, 15) is 4.79 Å². The highest BCUT2D eigenvalue weighted by Gasteiger charge is 2.26. The highest BCUT2D eigenvalue weighted by Crippen LogP contribution is 2.27. The third kappa shape index (κ3) is 4.01. The molecule has 0 unspecified atom stereocenters. The van der Waals surface area contributed by atoms with E-state index in [-0.39, 0.29) is 11.8 Å². The molecule has 7 heteroatoms. The lowest BCUT2D eigenvalue weighted by Crippen LogP contribution is -2.50. The largest absolute Gasteiger partial charge is 0.352 e. The van der Waals surface area contributed by atoms with Crippen molar-refractivity contribution in [3.05, 3.63) is 42.4 Å². The Hall–Kier alpha value is -2.96. The van der Waals surface area contributed by atoms with Crippen LogP contribution in [0.4, 0.5) is 5.82 Å². The second-order valence-corrected chi connectivity index (χ2v) is 8.66. The number of carbonyl (C=O) groups is 1. The van der Waals surface area contributed by atoms with Crippen molar-refractivity contribution < 1.29 is 4.79 Å². The lowest BCUT2D eigenvalue weighted by Gasteiger charge is -2.36. The number of benzene rings is 1. The maximum atomic E-state index is 12.4. The van der Waals surface area contributed by atoms with Crippen molar-refractivity contribution in [2.45, 2.75) is 34.1 Å². The number of nitrogens with zero attached hydrogens (tertiary/aromatic N) is 6. The van der Waals surface area contributed by atoms with Crippen molar-refractivity contribution in [2.24, 2.45) is 11.8 Å². The standard InChI is InChI=1S/C23H30N6O/c1-16(2)14-20-25-21(27-10-12-28(13-11-27)23(30)17(3)4)19-15-24-29(22(19)26-20)18-8-6-5-7-9-18/h5-9,15-17H,10-14H2,1-4H3. The zero-order valence-electron chi connectivity index (χ0n) is 18.2. The van der Waals surface area contributed by atoms with Gasteiger partial charge in [0.1, 0.15) is 11.6 Å². The molecule has 0 aliphatic carbocycles. The van der Waals surface area contributed by atoms with Gasteiger partial charge >= 0.3 is 0 Å². The first-order valence-corrected chi connectivity index (χ1v) is 10.8. The smallest absolute Gasteiger partial charge is 0.225 e. The van der Waals surface area contributed by atoms with Crippen LogP contribution in [0.1, 0.15) is 33.5 Å². The maximum absolute atomic E-state index is 12.4. The summed E-state index contributed by atoms with van der Waals surface area (Å²) < 4.78 is 1.89. The number of anilines is 1. The molecule has 30 heavy (non-hydrogen) atoms. The van der Waals surface area contributed by atoms with Gasteiger partial charge < -0.3 is 9.80 Å². The normalized spacial score (nSPS) is 14.9. The molecule has 0 radical (unpaired) electrons. The Morgan fingerprint density at radius 2 is 1.70 bits per heavy atom. The summed E-state index contributed by atoms with van der Waals surface area (Å²) in [7, 11) is 0. The Labute approximate surface area is 177 Å². The first-order chi connectivity index (χ1) is 14.4. The SMILES string of the molecule is CC(C)Cc1nc(N2CCN(C(=O)C(C)C)CC2)c2cnn(-c3ccccc3)c2n1. The van der Waals surface area contributed by atoms with Gasteiger partial charge in [-0.1, -0.05) is 45.9 Å². The lowest BCUT2D eigenvalue weighted by molar-refractivity contribution is -0.134. The van der Waals surface area contributed by atoms with Crippen LogP contribution in [0, 0.1) is 11.8 Å². The Kier molecular flexibility index (Phi) is 5.70. The number of aromatic nitrogens is 4. The van der Waals surface area contributed by atoms with Crippen LogP contribution in [-0.4, -0.2) is 56.7 Å². The number of amides is 1. The molecular weight excluding hydrogens is 376 g/mol. The van der Waals surface area contributed by atoms with E-state index in [2.05, 4.69) is 23.8 Å². The van der Waals surface area contributed by atoms with Crippen LogP contribution >= 0.6 is 0 Å². The minimum atomic E-state index is 0.0315. The Balaban J connectivity index is 1.71. The number of carbonyl (C=O) groups excluding carboxylic acids is 1. The van der Waals surface area contributed by atoms with Gasteiger partial charge in [-0.25, -0.2) is 14.6 Å². The summed E-state index contributed by atoms with van der Waals surface area (Å²) in [5.74, 6) is 2.48. The highest BCUT2D eigenvalue weighted by molar-refractivity contribution is 5.88. The molecule has 3 aromatic rings. The number of piperazine rings is 1. The number of rotatable bonds is 5. The van der Waals surface area contributed by atoms with Crippen molar-refractivity contribution in [3.63, 3.8) is 0 Å². The molecule has 1 aliphatic heterocycles. The van der Waals surface area contributed by atoms with Crippen molar-refractivity contribution in [2.75, 3.05) is 31.1 Å². The van der Waals surface area contributed by atoms with Crippen LogP contribution in [0.5, 0.6) is 0 Å². The first-order valence-electron chi connectivity index (χ1n) is 10.8. The molecule has 0 atom stereocenters. The van der Waals surface area contributed by atoms with Crippen LogP contribution in [0.3, 0.4) is 0 Å². The van der Waals surface area contributed by atoms with Crippen molar-refractivity contribution in [1.29, 1.82) is 0 Å². The van der Waals surface area contributed by atoms with E-state index in [1.807, 2.05) is 60.0 Å². The van der Waals surface area contributed by atoms with E-state index in [1.54, 1.807) is 0 Å². The molecule has 1 saturated heterocycles. The molecule has 3 heterocycles. The molecule has 1 fully saturated rings. The minimum absolute atomic E-state index is 0.0315. The monoisotopic (exact) mass is 406 g/mol. The van der Waals surface area contributed by atoms with Gasteiger partial charge in [0.05, 0.1) is 17.3 Å². The predicted octanol–water partition coefficient (Wildman–Crippen LogP) is 3.32. The fourth-order valence-electron chi connectivity index (χ4n) is 3.90. The average Bonchev–Trinajstić information content (AvgIpc) is 3.17. The average molecular weight is 407 g/mol. The van der Waals surface area contributed by atoms with Crippen LogP contribution in [-0.2, 0) is 11.2 Å². The third-order valence-corrected chi connectivity index (χ3v) is 5.43. The molecule has 1 amide bonds. The van der Waals surface area contributed by atoms with Gasteiger partial charge in [-0.15, -0.1) is 0 Å². The molecular formula is C23H30N6O. The van der Waals surface area contributed by atoms with Gasteiger partial charge in [0.25, 0.3) is 0 Å². The molecule has 1 aromatic carbocycles. The lowest BCUT2D eigenvalue weighted by atomic mass is 10.1. The number of hydrogen-bond acceptors (Lipinski definition) is 5. The van der Waals surface area contributed by atoms with Gasteiger partial charge in [0, 0.05) is 38.5 Å². The maximum Gasteiger partial charge on any atom is 0.225 e. The van der Waals surface area contributed by atoms with Gasteiger partial charge in [-0.2, -0.15) is 5.10 Å². The molecule has 2 aromatic heterocycles. The molecule has 1 aliphatic rings. The van der Waals surface area contributed by atoms with Crippen LogP contribution in [0.2, 0.25) is 0 Å². The van der Waals surface area contributed by atoms with Gasteiger partial charge in [-0.05, 0) is 18.1 Å². The van der Waals surface area contributed by atoms with Crippen molar-refractivity contribution in [3.8, 4) is 5.69 Å². The molecule has 158 valence electrons. The summed E-state index contributed by atoms with van der Waals surface area (Å²) >= 11 is 0. The first kappa shape index (κ1) is 20.3. The minimum Gasteiger partial charge on any atom is -0.352 e. The second-order valence-electron chi connectivity index (χ2n) is 8.66. The van der Waals surface area contributed by atoms with Gasteiger partial charge in [0.2, 0.25) is 5.91 Å². The van der Waals surface area contributed by atoms with Gasteiger partial charge in [-0.3, -0.25) is 4.79 Å². The molecule has 0 bridgehead atoms. The fourth-order valence-corrected chi connectivity index (χ4v) is 3.90. The summed E-state index contributed by atoms with van der Waals surface area (Å²) in [6, 6.07) is 10.1. The summed E-state index contributed by atoms with van der Waals surface area (Å²) in [4.78, 5) is 26.4. The Morgan fingerprint density at radius 3 is 2.33 bits per heavy atom. The number of para-hydroxylation sites is 1. The van der Waals surface area contributed by atoms with E-state index in [4.69, 9.17) is 9.97 Å². The van der Waals surface area contributed by atoms with Crippen LogP contribution in [0.25, 0.3) is 16.7 Å². The number of hydrogen-bond donors (Lipinski definition) is 0. The van der Waals surface area contributed by atoms with Crippen LogP contribution in [0.15, 0.2) is 36.5 Å². The van der Waals surface area contributed by atoms with Crippen molar-refractivity contribution in [1.82, 2.24) is 24.6 Å². The van der Waals surface area contributed by atoms with Gasteiger partial charge in [0.15, 0.2) is 5.65 Å². The summed E-state index contributed by atoms with van der Waals surface area (Å²) in [5.41, 5.74) is 1.82.